The average molecular weight is 168 g/mol. The lowest BCUT2D eigenvalue weighted by molar-refractivity contribution is -0.0349. The summed E-state index contributed by atoms with van der Waals surface area (Å²) in [5, 5.41) is 0. The average Bonchev–Trinajstić information content (AvgIpc) is 2.55. The molecule has 0 N–H and O–H groups in total. The first-order valence-electron chi connectivity index (χ1n) is 5.49. The van der Waals surface area contributed by atoms with Gasteiger partial charge in [0.1, 0.15) is 0 Å². The van der Waals surface area contributed by atoms with Gasteiger partial charge in [-0.25, -0.2) is 0 Å². The van der Waals surface area contributed by atoms with Crippen LogP contribution in [0.1, 0.15) is 51.9 Å². The molecule has 0 unspecified atom stereocenters. The van der Waals surface area contributed by atoms with Crippen LogP contribution in [-0.2, 0) is 4.74 Å². The molecule has 2 fully saturated rings. The van der Waals surface area contributed by atoms with Crippen LogP contribution in [0.5, 0.6) is 0 Å². The van der Waals surface area contributed by atoms with E-state index in [0.717, 1.165) is 12.5 Å². The van der Waals surface area contributed by atoms with Crippen molar-refractivity contribution in [2.45, 2.75) is 57.5 Å². The molecule has 0 aromatic carbocycles. The number of rotatable bonds is 1. The van der Waals surface area contributed by atoms with E-state index in [-0.39, 0.29) is 0 Å². The molecule has 0 amide bonds. The lowest BCUT2D eigenvalue weighted by atomic mass is 9.76. The minimum atomic E-state index is 0.353. The molecule has 0 aromatic rings. The lowest BCUT2D eigenvalue weighted by Crippen LogP contribution is -2.33. The summed E-state index contributed by atoms with van der Waals surface area (Å²) in [5.74, 6) is 1.000. The van der Waals surface area contributed by atoms with Crippen LogP contribution in [0.3, 0.4) is 0 Å². The van der Waals surface area contributed by atoms with Gasteiger partial charge in [0, 0.05) is 6.61 Å². The number of ether oxygens (including phenoxy) is 1. The summed E-state index contributed by atoms with van der Waals surface area (Å²) >= 11 is 0. The summed E-state index contributed by atoms with van der Waals surface area (Å²) in [6, 6.07) is 0. The van der Waals surface area contributed by atoms with E-state index in [2.05, 4.69) is 6.92 Å². The monoisotopic (exact) mass is 168 g/mol. The highest BCUT2D eigenvalue weighted by molar-refractivity contribution is 4.89. The summed E-state index contributed by atoms with van der Waals surface area (Å²) in [5.41, 5.74) is 0.353. The van der Waals surface area contributed by atoms with Crippen molar-refractivity contribution in [2.75, 3.05) is 6.61 Å². The van der Waals surface area contributed by atoms with Gasteiger partial charge in [0.2, 0.25) is 0 Å². The van der Waals surface area contributed by atoms with Gasteiger partial charge in [-0.1, -0.05) is 13.3 Å². The summed E-state index contributed by atoms with van der Waals surface area (Å²) in [6.45, 7) is 3.34. The molecule has 2 rings (SSSR count). The Morgan fingerprint density at radius 3 is 2.50 bits per heavy atom. The normalized spacial score (nSPS) is 42.2. The molecule has 2 aliphatic rings. The molecule has 0 bridgehead atoms. The molecular formula is C11H20O. The largest absolute Gasteiger partial charge is 0.375 e. The highest BCUT2D eigenvalue weighted by atomic mass is 16.5. The predicted octanol–water partition coefficient (Wildman–Crippen LogP) is 3.14. The zero-order valence-corrected chi connectivity index (χ0v) is 8.14. The molecule has 1 aliphatic heterocycles. The van der Waals surface area contributed by atoms with Gasteiger partial charge >= 0.3 is 0 Å². The topological polar surface area (TPSA) is 9.23 Å². The lowest BCUT2D eigenvalue weighted by Gasteiger charge is -2.36. The quantitative estimate of drug-likeness (QED) is 0.584. The van der Waals surface area contributed by atoms with Gasteiger partial charge in [0.15, 0.2) is 0 Å². The van der Waals surface area contributed by atoms with Gasteiger partial charge in [-0.05, 0) is 44.4 Å². The van der Waals surface area contributed by atoms with E-state index in [1.807, 2.05) is 0 Å². The third kappa shape index (κ3) is 1.52. The zero-order chi connectivity index (χ0) is 8.44. The van der Waals surface area contributed by atoms with Gasteiger partial charge in [-0.2, -0.15) is 0 Å². The molecule has 1 aliphatic carbocycles. The fourth-order valence-corrected chi connectivity index (χ4v) is 2.76. The van der Waals surface area contributed by atoms with Crippen LogP contribution in [0.4, 0.5) is 0 Å². The minimum Gasteiger partial charge on any atom is -0.375 e. The number of hydrogen-bond donors (Lipinski definition) is 0. The van der Waals surface area contributed by atoms with E-state index in [1.54, 1.807) is 0 Å². The van der Waals surface area contributed by atoms with Crippen LogP contribution in [0.25, 0.3) is 0 Å². The molecule has 1 saturated carbocycles. The maximum atomic E-state index is 5.87. The second-order valence-electron chi connectivity index (χ2n) is 4.49. The van der Waals surface area contributed by atoms with Crippen LogP contribution in [0.2, 0.25) is 0 Å². The van der Waals surface area contributed by atoms with Gasteiger partial charge in [-0.3, -0.25) is 0 Å². The van der Waals surface area contributed by atoms with E-state index < -0.39 is 0 Å². The third-order valence-corrected chi connectivity index (χ3v) is 3.78. The second kappa shape index (κ2) is 3.37. The van der Waals surface area contributed by atoms with E-state index in [0.29, 0.717) is 5.60 Å². The number of hydrogen-bond acceptors (Lipinski definition) is 1. The van der Waals surface area contributed by atoms with Crippen LogP contribution in [0.15, 0.2) is 0 Å². The molecule has 1 heterocycles. The Kier molecular flexibility index (Phi) is 2.40. The first kappa shape index (κ1) is 8.55. The molecule has 1 saturated heterocycles. The summed E-state index contributed by atoms with van der Waals surface area (Å²) in [6.07, 6.45) is 9.51. The summed E-state index contributed by atoms with van der Waals surface area (Å²) in [4.78, 5) is 0. The Hall–Kier alpha value is -0.0400. The third-order valence-electron chi connectivity index (χ3n) is 3.78. The van der Waals surface area contributed by atoms with Crippen molar-refractivity contribution in [1.29, 1.82) is 0 Å². The van der Waals surface area contributed by atoms with E-state index in [9.17, 15) is 0 Å². The maximum absolute atomic E-state index is 5.87. The van der Waals surface area contributed by atoms with Crippen LogP contribution in [-0.4, -0.2) is 12.2 Å². The molecular weight excluding hydrogens is 148 g/mol. The van der Waals surface area contributed by atoms with E-state index in [1.165, 1.54) is 44.9 Å². The van der Waals surface area contributed by atoms with Gasteiger partial charge in [0.05, 0.1) is 5.60 Å². The SMILES string of the molecule is CCC1CCC2(CCCO2)CC1. The molecule has 0 aromatic heterocycles. The Labute approximate surface area is 75.5 Å². The molecule has 70 valence electrons. The highest BCUT2D eigenvalue weighted by Crippen LogP contribution is 2.41. The van der Waals surface area contributed by atoms with Crippen molar-refractivity contribution in [2.24, 2.45) is 5.92 Å². The van der Waals surface area contributed by atoms with E-state index >= 15 is 0 Å². The zero-order valence-electron chi connectivity index (χ0n) is 8.14. The Morgan fingerprint density at radius 2 is 2.00 bits per heavy atom. The fraction of sp³-hybridized carbons (Fsp3) is 1.00. The van der Waals surface area contributed by atoms with Crippen molar-refractivity contribution in [3.63, 3.8) is 0 Å². The van der Waals surface area contributed by atoms with Crippen molar-refractivity contribution in [1.82, 2.24) is 0 Å². The predicted molar refractivity (Wildman–Crippen MR) is 50.2 cm³/mol. The van der Waals surface area contributed by atoms with E-state index in [4.69, 9.17) is 4.74 Å². The van der Waals surface area contributed by atoms with Crippen molar-refractivity contribution >= 4 is 0 Å². The van der Waals surface area contributed by atoms with Crippen LogP contribution in [0, 0.1) is 5.92 Å². The molecule has 1 nitrogen and oxygen atoms in total. The van der Waals surface area contributed by atoms with Crippen molar-refractivity contribution < 1.29 is 4.74 Å². The molecule has 0 radical (unpaired) electrons. The minimum absolute atomic E-state index is 0.353. The standard InChI is InChI=1S/C11H20O/c1-2-10-4-7-11(8-5-10)6-3-9-12-11/h10H,2-9H2,1H3. The molecule has 1 spiro atoms. The summed E-state index contributed by atoms with van der Waals surface area (Å²) < 4.78 is 5.87. The molecule has 0 atom stereocenters. The molecule has 12 heavy (non-hydrogen) atoms. The smallest absolute Gasteiger partial charge is 0.0683 e. The van der Waals surface area contributed by atoms with Crippen molar-refractivity contribution in [3.8, 4) is 0 Å². The van der Waals surface area contributed by atoms with Crippen LogP contribution < -0.4 is 0 Å². The first-order chi connectivity index (χ1) is 5.85. The fourth-order valence-electron chi connectivity index (χ4n) is 2.76. The van der Waals surface area contributed by atoms with Crippen LogP contribution >= 0.6 is 0 Å². The Balaban J connectivity index is 1.88. The first-order valence-corrected chi connectivity index (χ1v) is 5.49. The second-order valence-corrected chi connectivity index (χ2v) is 4.49. The van der Waals surface area contributed by atoms with Gasteiger partial charge in [-0.15, -0.1) is 0 Å². The van der Waals surface area contributed by atoms with Gasteiger partial charge < -0.3 is 4.74 Å². The molecule has 1 heteroatoms. The Morgan fingerprint density at radius 1 is 1.25 bits per heavy atom. The Bertz CT molecular complexity index is 137. The van der Waals surface area contributed by atoms with Crippen molar-refractivity contribution in [3.05, 3.63) is 0 Å². The highest BCUT2D eigenvalue weighted by Gasteiger charge is 2.38. The maximum Gasteiger partial charge on any atom is 0.0683 e. The van der Waals surface area contributed by atoms with Gasteiger partial charge in [0.25, 0.3) is 0 Å². The summed E-state index contributed by atoms with van der Waals surface area (Å²) in [7, 11) is 0.